The predicted molar refractivity (Wildman–Crippen MR) is 129 cm³/mol. The van der Waals surface area contributed by atoms with Crippen LogP contribution in [0.3, 0.4) is 0 Å². The lowest BCUT2D eigenvalue weighted by molar-refractivity contribution is 0.128. The smallest absolute Gasteiger partial charge is 0.319 e. The first-order chi connectivity index (χ1) is 17.1. The molecule has 0 spiro atoms. The summed E-state index contributed by atoms with van der Waals surface area (Å²) in [5, 5.41) is 6.69. The first-order valence-electron chi connectivity index (χ1n) is 11.6. The number of nitrogens with zero attached hydrogens (tertiary/aromatic N) is 1. The maximum atomic E-state index is 12.0. The van der Waals surface area contributed by atoms with Crippen LogP contribution in [0, 0.1) is 0 Å². The number of hydrogen-bond acceptors (Lipinski definition) is 7. The molecule has 1 atom stereocenters. The normalized spacial score (nSPS) is 18.8. The Morgan fingerprint density at radius 3 is 2.66 bits per heavy atom. The molecule has 9 nitrogen and oxygen atoms in total. The molecule has 2 N–H and O–H groups in total. The van der Waals surface area contributed by atoms with Crippen LogP contribution in [0.1, 0.15) is 19.3 Å². The van der Waals surface area contributed by atoms with E-state index >= 15 is 0 Å². The molecule has 2 amide bonds. The molecule has 35 heavy (non-hydrogen) atoms. The van der Waals surface area contributed by atoms with Gasteiger partial charge in [-0.1, -0.05) is 11.6 Å². The van der Waals surface area contributed by atoms with Crippen molar-refractivity contribution in [2.75, 3.05) is 31.7 Å². The van der Waals surface area contributed by atoms with E-state index in [1.807, 2.05) is 6.07 Å². The van der Waals surface area contributed by atoms with Gasteiger partial charge in [-0.2, -0.15) is 0 Å². The van der Waals surface area contributed by atoms with Crippen LogP contribution in [0.5, 0.6) is 28.7 Å². The molecule has 1 aromatic heterocycles. The molecule has 2 aromatic carbocycles. The Bertz CT molecular complexity index is 1280. The van der Waals surface area contributed by atoms with E-state index in [0.717, 1.165) is 19.3 Å². The van der Waals surface area contributed by atoms with E-state index in [9.17, 15) is 4.79 Å². The molecular formula is C25H24ClN3O6. The van der Waals surface area contributed by atoms with E-state index in [-0.39, 0.29) is 18.2 Å². The van der Waals surface area contributed by atoms with Crippen LogP contribution in [0.2, 0.25) is 5.02 Å². The second kappa shape index (κ2) is 9.31. The largest absolute Gasteiger partial charge is 0.485 e. The molecule has 2 fully saturated rings. The summed E-state index contributed by atoms with van der Waals surface area (Å²) in [6, 6.07) is 8.69. The highest BCUT2D eigenvalue weighted by Gasteiger charge is 2.27. The Labute approximate surface area is 206 Å². The van der Waals surface area contributed by atoms with Gasteiger partial charge in [0.2, 0.25) is 5.75 Å². The zero-order valence-electron chi connectivity index (χ0n) is 18.8. The van der Waals surface area contributed by atoms with E-state index in [0.29, 0.717) is 76.8 Å². The molecule has 0 bridgehead atoms. The van der Waals surface area contributed by atoms with Crippen LogP contribution in [-0.2, 0) is 4.74 Å². The number of benzene rings is 2. The summed E-state index contributed by atoms with van der Waals surface area (Å²) in [6.07, 6.45) is 4.46. The number of fused-ring (bicyclic) bond motifs is 3. The molecular weight excluding hydrogens is 474 g/mol. The number of rotatable bonds is 6. The second-order valence-electron chi connectivity index (χ2n) is 8.65. The monoisotopic (exact) mass is 497 g/mol. The average molecular weight is 498 g/mol. The highest BCUT2D eigenvalue weighted by atomic mass is 35.5. The van der Waals surface area contributed by atoms with E-state index in [4.69, 9.17) is 35.3 Å². The average Bonchev–Trinajstić information content (AvgIpc) is 3.52. The van der Waals surface area contributed by atoms with Gasteiger partial charge in [0.1, 0.15) is 30.8 Å². The number of aromatic nitrogens is 1. The molecule has 182 valence electrons. The molecule has 2 aliphatic heterocycles. The molecule has 3 heterocycles. The Kier molecular flexibility index (Phi) is 5.87. The standard InChI is InChI=1S/C25H24ClN3O6/c26-17-11-15(3-4-18(17)29-25(30)28-14-1-2-14)34-20-5-7-27-19-12-21(35-16-6-8-31-13-16)23-24(22(19)20)33-10-9-32-23/h3-5,7,11-12,14,16H,1-2,6,8-10,13H2,(H2,28,29,30). The van der Waals surface area contributed by atoms with Crippen LogP contribution in [0.25, 0.3) is 10.9 Å². The van der Waals surface area contributed by atoms with Crippen molar-refractivity contribution in [3.63, 3.8) is 0 Å². The lowest BCUT2D eigenvalue weighted by atomic mass is 10.1. The molecule has 6 rings (SSSR count). The SMILES string of the molecule is O=C(Nc1ccc(Oc2ccnc3cc(OC4CCOC4)c4c(c23)OCCO4)cc1Cl)NC1CC1. The highest BCUT2D eigenvalue weighted by molar-refractivity contribution is 6.33. The van der Waals surface area contributed by atoms with Crippen molar-refractivity contribution in [2.45, 2.75) is 31.4 Å². The molecule has 3 aromatic rings. The number of carbonyl (C=O) groups excluding carboxylic acids is 1. The summed E-state index contributed by atoms with van der Waals surface area (Å²) in [4.78, 5) is 16.6. The fraction of sp³-hybridized carbons (Fsp3) is 0.360. The Balaban J connectivity index is 1.29. The van der Waals surface area contributed by atoms with E-state index in [1.165, 1.54) is 0 Å². The summed E-state index contributed by atoms with van der Waals surface area (Å²) in [7, 11) is 0. The lowest BCUT2D eigenvalue weighted by Crippen LogP contribution is -2.30. The minimum atomic E-state index is -0.269. The minimum Gasteiger partial charge on any atom is -0.485 e. The number of carbonyl (C=O) groups is 1. The number of urea groups is 1. The summed E-state index contributed by atoms with van der Waals surface area (Å²) in [5.74, 6) is 2.69. The summed E-state index contributed by atoms with van der Waals surface area (Å²) >= 11 is 6.42. The van der Waals surface area contributed by atoms with Gasteiger partial charge in [0.15, 0.2) is 11.5 Å². The third kappa shape index (κ3) is 4.74. The summed E-state index contributed by atoms with van der Waals surface area (Å²) < 4.78 is 29.7. The van der Waals surface area contributed by atoms with Crippen molar-refractivity contribution in [3.05, 3.63) is 41.6 Å². The third-order valence-electron chi connectivity index (χ3n) is 5.95. The minimum absolute atomic E-state index is 0.0397. The van der Waals surface area contributed by atoms with E-state index < -0.39 is 0 Å². The van der Waals surface area contributed by atoms with Gasteiger partial charge in [0, 0.05) is 30.8 Å². The fourth-order valence-corrected chi connectivity index (χ4v) is 4.31. The molecule has 1 aliphatic carbocycles. The van der Waals surface area contributed by atoms with Crippen LogP contribution in [0.4, 0.5) is 10.5 Å². The lowest BCUT2D eigenvalue weighted by Gasteiger charge is -2.24. The highest BCUT2D eigenvalue weighted by Crippen LogP contribution is 2.49. The topological polar surface area (TPSA) is 100 Å². The van der Waals surface area contributed by atoms with Crippen molar-refractivity contribution in [1.82, 2.24) is 10.3 Å². The van der Waals surface area contributed by atoms with Gasteiger partial charge in [0.25, 0.3) is 0 Å². The maximum absolute atomic E-state index is 12.0. The molecule has 3 aliphatic rings. The van der Waals surface area contributed by atoms with Gasteiger partial charge in [-0.25, -0.2) is 4.79 Å². The zero-order chi connectivity index (χ0) is 23.8. The first kappa shape index (κ1) is 22.1. The van der Waals surface area contributed by atoms with Gasteiger partial charge in [-0.3, -0.25) is 4.98 Å². The van der Waals surface area contributed by atoms with Crippen molar-refractivity contribution in [3.8, 4) is 28.7 Å². The van der Waals surface area contributed by atoms with E-state index in [1.54, 1.807) is 30.5 Å². The first-order valence-corrected chi connectivity index (χ1v) is 12.0. The van der Waals surface area contributed by atoms with Crippen LogP contribution >= 0.6 is 11.6 Å². The number of nitrogens with one attached hydrogen (secondary N) is 2. The molecule has 0 radical (unpaired) electrons. The van der Waals surface area contributed by atoms with Gasteiger partial charge in [-0.15, -0.1) is 0 Å². The number of amides is 2. The number of ether oxygens (including phenoxy) is 5. The Morgan fingerprint density at radius 1 is 1.03 bits per heavy atom. The third-order valence-corrected chi connectivity index (χ3v) is 6.27. The molecule has 1 unspecified atom stereocenters. The molecule has 1 saturated carbocycles. The second-order valence-corrected chi connectivity index (χ2v) is 9.06. The van der Waals surface area contributed by atoms with Crippen LogP contribution in [-0.4, -0.2) is 49.6 Å². The Morgan fingerprint density at radius 2 is 1.89 bits per heavy atom. The maximum Gasteiger partial charge on any atom is 0.319 e. The number of hydrogen-bond donors (Lipinski definition) is 2. The molecule has 10 heteroatoms. The van der Waals surface area contributed by atoms with Gasteiger partial charge in [0.05, 0.1) is 34.8 Å². The van der Waals surface area contributed by atoms with E-state index in [2.05, 4.69) is 15.6 Å². The fourth-order valence-electron chi connectivity index (χ4n) is 4.09. The zero-order valence-corrected chi connectivity index (χ0v) is 19.6. The number of pyridine rings is 1. The molecule has 1 saturated heterocycles. The Hall–Kier alpha value is -3.43. The van der Waals surface area contributed by atoms with Crippen molar-refractivity contribution in [1.29, 1.82) is 0 Å². The van der Waals surface area contributed by atoms with Crippen molar-refractivity contribution >= 4 is 34.2 Å². The van der Waals surface area contributed by atoms with Crippen molar-refractivity contribution in [2.24, 2.45) is 0 Å². The summed E-state index contributed by atoms with van der Waals surface area (Å²) in [5.41, 5.74) is 1.16. The van der Waals surface area contributed by atoms with Crippen LogP contribution in [0.15, 0.2) is 36.5 Å². The van der Waals surface area contributed by atoms with Crippen molar-refractivity contribution < 1.29 is 28.5 Å². The number of anilines is 1. The predicted octanol–water partition coefficient (Wildman–Crippen LogP) is 4.90. The van der Waals surface area contributed by atoms with Gasteiger partial charge >= 0.3 is 6.03 Å². The van der Waals surface area contributed by atoms with Gasteiger partial charge < -0.3 is 34.3 Å². The summed E-state index contributed by atoms with van der Waals surface area (Å²) in [6.45, 7) is 2.04. The quantitative estimate of drug-likeness (QED) is 0.499. The van der Waals surface area contributed by atoms with Gasteiger partial charge in [-0.05, 0) is 31.0 Å². The number of halogens is 1. The van der Waals surface area contributed by atoms with Crippen LogP contribution < -0.4 is 29.6 Å².